The first-order chi connectivity index (χ1) is 14.4. The van der Waals surface area contributed by atoms with E-state index in [0.717, 1.165) is 16.5 Å². The Morgan fingerprint density at radius 2 is 1.97 bits per heavy atom. The van der Waals surface area contributed by atoms with Gasteiger partial charge in [-0.2, -0.15) is 0 Å². The van der Waals surface area contributed by atoms with Gasteiger partial charge in [-0.3, -0.25) is 4.90 Å². The average Bonchev–Trinajstić information content (AvgIpc) is 2.98. The zero-order chi connectivity index (χ0) is 21.8. The Morgan fingerprint density at radius 1 is 1.23 bits per heavy atom. The second-order valence-electron chi connectivity index (χ2n) is 7.43. The number of para-hydroxylation sites is 1. The predicted molar refractivity (Wildman–Crippen MR) is 112 cm³/mol. The molecule has 0 saturated heterocycles. The molecule has 3 rings (SSSR count). The second kappa shape index (κ2) is 9.02. The molecule has 0 saturated carbocycles. The Hall–Kier alpha value is -3.29. The number of carbonyl (C=O) groups excluding carboxylic acids is 3. The monoisotopic (exact) mass is 413 g/mol. The Bertz CT molecular complexity index is 992. The molecule has 0 spiro atoms. The Morgan fingerprint density at radius 3 is 2.63 bits per heavy atom. The number of H-pyrrole nitrogens is 1. The largest absolute Gasteiger partial charge is 0.467 e. The summed E-state index contributed by atoms with van der Waals surface area (Å²) in [5.74, 6) is -1.18. The van der Waals surface area contributed by atoms with Crippen molar-refractivity contribution in [3.8, 4) is 0 Å². The Balaban J connectivity index is 1.97. The molecule has 0 bridgehead atoms. The highest BCUT2D eigenvalue weighted by Gasteiger charge is 2.30. The summed E-state index contributed by atoms with van der Waals surface area (Å²) < 4.78 is 10.0. The molecule has 160 valence electrons. The number of methoxy groups -OCH3 is 1. The minimum Gasteiger partial charge on any atom is -0.467 e. The second-order valence-corrected chi connectivity index (χ2v) is 7.43. The van der Waals surface area contributed by atoms with Gasteiger partial charge in [0.05, 0.1) is 25.0 Å². The summed E-state index contributed by atoms with van der Waals surface area (Å²) in [5, 5.41) is 3.72. The van der Waals surface area contributed by atoms with E-state index in [2.05, 4.69) is 10.3 Å². The quantitative estimate of drug-likeness (QED) is 0.734. The third-order valence-electron chi connectivity index (χ3n) is 5.13. The molecule has 2 heterocycles. The lowest BCUT2D eigenvalue weighted by atomic mass is 10.0. The van der Waals surface area contributed by atoms with E-state index in [0.29, 0.717) is 18.7 Å². The molecule has 1 aliphatic rings. The van der Waals surface area contributed by atoms with Gasteiger partial charge in [0.25, 0.3) is 0 Å². The first-order valence-corrected chi connectivity index (χ1v) is 10.0. The van der Waals surface area contributed by atoms with Gasteiger partial charge in [0, 0.05) is 23.6 Å². The molecule has 2 aromatic rings. The molecular weight excluding hydrogens is 386 g/mol. The zero-order valence-corrected chi connectivity index (χ0v) is 17.7. The first kappa shape index (κ1) is 21.4. The van der Waals surface area contributed by atoms with Gasteiger partial charge in [-0.15, -0.1) is 0 Å². The summed E-state index contributed by atoms with van der Waals surface area (Å²) in [6, 6.07) is 6.52. The van der Waals surface area contributed by atoms with E-state index in [1.807, 2.05) is 38.1 Å². The lowest BCUT2D eigenvalue weighted by Gasteiger charge is -2.24. The van der Waals surface area contributed by atoms with Crippen LogP contribution in [0.25, 0.3) is 16.5 Å². The van der Waals surface area contributed by atoms with Crippen molar-refractivity contribution < 1.29 is 23.9 Å². The molecular formula is C22H27N3O5. The lowest BCUT2D eigenvalue weighted by molar-refractivity contribution is -0.144. The van der Waals surface area contributed by atoms with Gasteiger partial charge in [0.1, 0.15) is 6.04 Å². The number of rotatable bonds is 5. The fourth-order valence-electron chi connectivity index (χ4n) is 3.57. The molecule has 2 amide bonds. The molecule has 1 aromatic carbocycles. The molecule has 30 heavy (non-hydrogen) atoms. The summed E-state index contributed by atoms with van der Waals surface area (Å²) in [6.07, 6.45) is 2.03. The standard InChI is InChI=1S/C22H27N3O5/c1-5-30-20(26)16-12-25(22(28)24-18(13(2)3)21(27)29-4)11-10-15-14-8-6-7-9-17(14)23-19(15)16/h6-9,12-13,18,23H,5,10-11H2,1-4H3,(H,24,28). The van der Waals surface area contributed by atoms with Gasteiger partial charge in [0.2, 0.25) is 0 Å². The minimum atomic E-state index is -0.788. The van der Waals surface area contributed by atoms with Crippen molar-refractivity contribution in [3.05, 3.63) is 41.7 Å². The summed E-state index contributed by atoms with van der Waals surface area (Å²) in [6.45, 7) is 5.93. The van der Waals surface area contributed by atoms with Crippen LogP contribution in [0.3, 0.4) is 0 Å². The van der Waals surface area contributed by atoms with Crippen molar-refractivity contribution in [2.24, 2.45) is 5.92 Å². The number of ether oxygens (including phenoxy) is 2. The van der Waals surface area contributed by atoms with E-state index >= 15 is 0 Å². The number of esters is 2. The molecule has 0 radical (unpaired) electrons. The maximum Gasteiger partial charge on any atom is 0.341 e. The third-order valence-corrected chi connectivity index (χ3v) is 5.13. The van der Waals surface area contributed by atoms with Crippen LogP contribution in [0.1, 0.15) is 32.0 Å². The van der Waals surface area contributed by atoms with E-state index in [9.17, 15) is 14.4 Å². The number of fused-ring (bicyclic) bond motifs is 3. The maximum atomic E-state index is 12.9. The van der Waals surface area contributed by atoms with E-state index in [1.165, 1.54) is 18.2 Å². The van der Waals surface area contributed by atoms with Crippen LogP contribution >= 0.6 is 0 Å². The number of aromatic nitrogens is 1. The molecule has 2 N–H and O–H groups in total. The van der Waals surface area contributed by atoms with Crippen molar-refractivity contribution in [1.82, 2.24) is 15.2 Å². The van der Waals surface area contributed by atoms with Crippen LogP contribution in [0, 0.1) is 5.92 Å². The van der Waals surface area contributed by atoms with Gasteiger partial charge in [-0.1, -0.05) is 32.0 Å². The van der Waals surface area contributed by atoms with Crippen LogP contribution in [-0.4, -0.2) is 54.2 Å². The third kappa shape index (κ3) is 4.17. The highest BCUT2D eigenvalue weighted by molar-refractivity contribution is 6.18. The van der Waals surface area contributed by atoms with Crippen LogP contribution in [0.2, 0.25) is 0 Å². The number of hydrogen-bond donors (Lipinski definition) is 2. The topological polar surface area (TPSA) is 101 Å². The molecule has 8 heteroatoms. The van der Waals surface area contributed by atoms with Crippen molar-refractivity contribution in [2.45, 2.75) is 33.2 Å². The Labute approximate surface area is 175 Å². The summed E-state index contributed by atoms with van der Waals surface area (Å²) in [7, 11) is 1.28. The number of amides is 2. The number of nitrogens with zero attached hydrogens (tertiary/aromatic N) is 1. The SMILES string of the molecule is CCOC(=O)C1=CN(C(=O)NC(C(=O)OC)C(C)C)CCc2c1[nH]c1ccccc21. The maximum absolute atomic E-state index is 12.9. The average molecular weight is 413 g/mol. The van der Waals surface area contributed by atoms with Crippen molar-refractivity contribution >= 4 is 34.4 Å². The molecule has 8 nitrogen and oxygen atoms in total. The predicted octanol–water partition coefficient (Wildman–Crippen LogP) is 2.84. The van der Waals surface area contributed by atoms with Gasteiger partial charge < -0.3 is 19.8 Å². The number of carbonyl (C=O) groups is 3. The fourth-order valence-corrected chi connectivity index (χ4v) is 3.57. The fraction of sp³-hybridized carbons (Fsp3) is 0.409. The van der Waals surface area contributed by atoms with Crippen LogP contribution in [0.5, 0.6) is 0 Å². The van der Waals surface area contributed by atoms with Crippen LogP contribution in [0.15, 0.2) is 30.5 Å². The highest BCUT2D eigenvalue weighted by atomic mass is 16.5. The molecule has 1 atom stereocenters. The number of aromatic amines is 1. The normalized spacial score (nSPS) is 14.6. The van der Waals surface area contributed by atoms with Crippen molar-refractivity contribution in [2.75, 3.05) is 20.3 Å². The number of benzene rings is 1. The molecule has 1 unspecified atom stereocenters. The van der Waals surface area contributed by atoms with E-state index in [1.54, 1.807) is 6.92 Å². The van der Waals surface area contributed by atoms with Gasteiger partial charge in [-0.05, 0) is 30.9 Å². The van der Waals surface area contributed by atoms with E-state index in [-0.39, 0.29) is 18.1 Å². The summed E-state index contributed by atoms with van der Waals surface area (Å²) in [4.78, 5) is 42.4. The highest BCUT2D eigenvalue weighted by Crippen LogP contribution is 2.31. The van der Waals surface area contributed by atoms with Gasteiger partial charge in [0.15, 0.2) is 0 Å². The van der Waals surface area contributed by atoms with Crippen LogP contribution in [-0.2, 0) is 25.5 Å². The molecule has 0 fully saturated rings. The summed E-state index contributed by atoms with van der Waals surface area (Å²) >= 11 is 0. The first-order valence-electron chi connectivity index (χ1n) is 10.0. The zero-order valence-electron chi connectivity index (χ0n) is 17.7. The smallest absolute Gasteiger partial charge is 0.341 e. The molecule has 0 aliphatic carbocycles. The lowest BCUT2D eigenvalue weighted by Crippen LogP contribution is -2.49. The van der Waals surface area contributed by atoms with Gasteiger partial charge >= 0.3 is 18.0 Å². The van der Waals surface area contributed by atoms with Crippen LogP contribution in [0.4, 0.5) is 4.79 Å². The summed E-state index contributed by atoms with van der Waals surface area (Å²) in [5.41, 5.74) is 2.79. The number of urea groups is 1. The van der Waals surface area contributed by atoms with Gasteiger partial charge in [-0.25, -0.2) is 14.4 Å². The molecule has 1 aromatic heterocycles. The van der Waals surface area contributed by atoms with Crippen LogP contribution < -0.4 is 5.32 Å². The number of hydrogen-bond acceptors (Lipinski definition) is 5. The van der Waals surface area contributed by atoms with E-state index in [4.69, 9.17) is 9.47 Å². The van der Waals surface area contributed by atoms with E-state index < -0.39 is 24.0 Å². The molecule has 1 aliphatic heterocycles. The number of nitrogens with one attached hydrogen (secondary N) is 2. The van der Waals surface area contributed by atoms with Crippen molar-refractivity contribution in [3.63, 3.8) is 0 Å². The van der Waals surface area contributed by atoms with Crippen molar-refractivity contribution in [1.29, 1.82) is 0 Å². The Kier molecular flexibility index (Phi) is 6.44. The minimum absolute atomic E-state index is 0.154.